The molecule has 0 bridgehead atoms. The van der Waals surface area contributed by atoms with Crippen LogP contribution in [0.5, 0.6) is 0 Å². The van der Waals surface area contributed by atoms with Gasteiger partial charge in [0.1, 0.15) is 0 Å². The number of amides is 1. The summed E-state index contributed by atoms with van der Waals surface area (Å²) in [7, 11) is 0. The Labute approximate surface area is 85.1 Å². The molecule has 0 fully saturated rings. The minimum atomic E-state index is -0.651. The summed E-state index contributed by atoms with van der Waals surface area (Å²) in [6.45, 7) is 0. The lowest BCUT2D eigenvalue weighted by molar-refractivity contribution is 0.0976. The fourth-order valence-corrected chi connectivity index (χ4v) is 0.748. The first-order valence-corrected chi connectivity index (χ1v) is 3.36. The first-order valence-electron chi connectivity index (χ1n) is 2.99. The molecule has 5 nitrogen and oxygen atoms in total. The number of halogens is 2. The normalized spacial score (nSPS) is 8.69. The minimum absolute atomic E-state index is 0. The number of hydrogen-bond donors (Lipinski definition) is 2. The third-order valence-corrected chi connectivity index (χ3v) is 1.22. The topological polar surface area (TPSA) is 94.6 Å². The summed E-state index contributed by atoms with van der Waals surface area (Å²) in [6, 6.07) is 2.81. The van der Waals surface area contributed by atoms with Crippen molar-refractivity contribution in [1.82, 2.24) is 0 Å². The van der Waals surface area contributed by atoms with E-state index < -0.39 is 5.91 Å². The minimum Gasteiger partial charge on any atom is -0.439 e. The van der Waals surface area contributed by atoms with Gasteiger partial charge >= 0.3 is 5.91 Å². The van der Waals surface area contributed by atoms with Crippen molar-refractivity contribution in [3.05, 3.63) is 23.1 Å². The molecule has 0 aliphatic heterocycles. The third-order valence-electron chi connectivity index (χ3n) is 1.01. The molecule has 0 aliphatic rings. The van der Waals surface area contributed by atoms with E-state index in [0.29, 0.717) is 0 Å². The van der Waals surface area contributed by atoms with Crippen LogP contribution >= 0.6 is 24.0 Å². The molecule has 7 heteroatoms. The van der Waals surface area contributed by atoms with E-state index in [9.17, 15) is 4.79 Å². The molecule has 0 atom stereocenters. The molecule has 4 N–H and O–H groups in total. The fraction of sp³-hybridized carbons (Fsp3) is 0. The van der Waals surface area contributed by atoms with E-state index in [-0.39, 0.29) is 29.3 Å². The summed E-state index contributed by atoms with van der Waals surface area (Å²) >= 11 is 5.41. The van der Waals surface area contributed by atoms with Gasteiger partial charge in [-0.25, -0.2) is 0 Å². The van der Waals surface area contributed by atoms with Crippen molar-refractivity contribution in [3.63, 3.8) is 0 Å². The third kappa shape index (κ3) is 3.35. The highest BCUT2D eigenvalue weighted by molar-refractivity contribution is 6.29. The lowest BCUT2D eigenvalue weighted by Gasteiger charge is -1.88. The largest absolute Gasteiger partial charge is 0.439 e. The van der Waals surface area contributed by atoms with Crippen LogP contribution in [0.1, 0.15) is 10.6 Å². The van der Waals surface area contributed by atoms with E-state index in [1.807, 2.05) is 0 Å². The second-order valence-corrected chi connectivity index (χ2v) is 2.32. The predicted octanol–water partition coefficient (Wildman–Crippen LogP) is 0.768. The highest BCUT2D eigenvalue weighted by atomic mass is 35.5. The summed E-state index contributed by atoms with van der Waals surface area (Å²) in [5.41, 5.74) is 9.94. The number of carbonyl (C=O) groups is 1. The van der Waals surface area contributed by atoms with Gasteiger partial charge < -0.3 is 15.9 Å². The summed E-state index contributed by atoms with van der Waals surface area (Å²) in [6.07, 6.45) is 0. The van der Waals surface area contributed by atoms with E-state index in [2.05, 4.69) is 4.99 Å². The number of furan rings is 1. The molecular formula is C6H7Cl2N3O2. The van der Waals surface area contributed by atoms with Gasteiger partial charge in [0.05, 0.1) is 0 Å². The van der Waals surface area contributed by atoms with Gasteiger partial charge in [0, 0.05) is 0 Å². The lowest BCUT2D eigenvalue weighted by Crippen LogP contribution is -2.24. The average molecular weight is 224 g/mol. The van der Waals surface area contributed by atoms with Gasteiger partial charge in [-0.2, -0.15) is 4.99 Å². The summed E-state index contributed by atoms with van der Waals surface area (Å²) in [4.78, 5) is 14.2. The van der Waals surface area contributed by atoms with Crippen molar-refractivity contribution in [2.75, 3.05) is 0 Å². The molecule has 0 aromatic carbocycles. The van der Waals surface area contributed by atoms with Crippen molar-refractivity contribution < 1.29 is 9.21 Å². The molecule has 1 aromatic rings. The van der Waals surface area contributed by atoms with E-state index in [1.165, 1.54) is 12.1 Å². The Hall–Kier alpha value is -1.20. The van der Waals surface area contributed by atoms with Crippen LogP contribution in [0.15, 0.2) is 21.5 Å². The smallest absolute Gasteiger partial charge is 0.315 e. The summed E-state index contributed by atoms with van der Waals surface area (Å²) in [5, 5.41) is 0.115. The number of rotatable bonds is 1. The highest BCUT2D eigenvalue weighted by Crippen LogP contribution is 2.13. The molecule has 0 saturated carbocycles. The van der Waals surface area contributed by atoms with Gasteiger partial charge in [-0.1, -0.05) is 0 Å². The molecule has 1 aromatic heterocycles. The maximum atomic E-state index is 11.0. The first kappa shape index (κ1) is 11.8. The van der Waals surface area contributed by atoms with Crippen LogP contribution in [-0.2, 0) is 0 Å². The van der Waals surface area contributed by atoms with Crippen LogP contribution in [0.25, 0.3) is 0 Å². The number of aliphatic imine (C=N–C) groups is 1. The molecule has 0 unspecified atom stereocenters. The summed E-state index contributed by atoms with van der Waals surface area (Å²) in [5.74, 6) is -0.956. The molecular weight excluding hydrogens is 217 g/mol. The van der Waals surface area contributed by atoms with Gasteiger partial charge in [-0.3, -0.25) is 4.79 Å². The number of guanidine groups is 1. The zero-order valence-corrected chi connectivity index (χ0v) is 7.93. The SMILES string of the molecule is Cl.NC(N)=NC(=O)c1ccc(Cl)o1. The van der Waals surface area contributed by atoms with Crippen molar-refractivity contribution in [1.29, 1.82) is 0 Å². The van der Waals surface area contributed by atoms with Crippen LogP contribution in [-0.4, -0.2) is 11.9 Å². The van der Waals surface area contributed by atoms with Crippen molar-refractivity contribution in [3.8, 4) is 0 Å². The number of nitrogens with two attached hydrogens (primary N) is 2. The molecule has 72 valence electrons. The molecule has 0 saturated heterocycles. The van der Waals surface area contributed by atoms with E-state index in [1.54, 1.807) is 0 Å². The summed E-state index contributed by atoms with van der Waals surface area (Å²) < 4.78 is 4.74. The van der Waals surface area contributed by atoms with Crippen LogP contribution < -0.4 is 11.5 Å². The van der Waals surface area contributed by atoms with E-state index in [4.69, 9.17) is 27.5 Å². The molecule has 0 aliphatic carbocycles. The van der Waals surface area contributed by atoms with Crippen molar-refractivity contribution >= 4 is 35.9 Å². The fourth-order valence-electron chi connectivity index (χ4n) is 0.602. The van der Waals surface area contributed by atoms with Gasteiger partial charge in [-0.05, 0) is 23.7 Å². The molecule has 1 heterocycles. The van der Waals surface area contributed by atoms with E-state index in [0.717, 1.165) is 0 Å². The molecule has 1 amide bonds. The number of carbonyl (C=O) groups excluding carboxylic acids is 1. The van der Waals surface area contributed by atoms with Crippen molar-refractivity contribution in [2.24, 2.45) is 16.5 Å². The zero-order chi connectivity index (χ0) is 9.14. The molecule has 0 radical (unpaired) electrons. The van der Waals surface area contributed by atoms with Gasteiger partial charge in [0.25, 0.3) is 0 Å². The Morgan fingerprint density at radius 3 is 2.46 bits per heavy atom. The Bertz CT molecular complexity index is 330. The van der Waals surface area contributed by atoms with Crippen LogP contribution in [0.4, 0.5) is 0 Å². The molecule has 13 heavy (non-hydrogen) atoms. The Morgan fingerprint density at radius 2 is 2.08 bits per heavy atom. The maximum absolute atomic E-state index is 11.0. The highest BCUT2D eigenvalue weighted by Gasteiger charge is 2.08. The molecule has 1 rings (SSSR count). The quantitative estimate of drug-likeness (QED) is 0.544. The number of hydrogen-bond acceptors (Lipinski definition) is 2. The van der Waals surface area contributed by atoms with E-state index >= 15 is 0 Å². The van der Waals surface area contributed by atoms with Crippen molar-refractivity contribution in [2.45, 2.75) is 0 Å². The standard InChI is InChI=1S/C6H6ClN3O2.ClH/c7-4-2-1-3(12-4)5(11)10-6(8)9;/h1-2H,(H4,8,9,10,11);1H. The van der Waals surface area contributed by atoms with Gasteiger partial charge in [0.15, 0.2) is 16.9 Å². The zero-order valence-electron chi connectivity index (χ0n) is 6.36. The second-order valence-electron chi connectivity index (χ2n) is 1.95. The van der Waals surface area contributed by atoms with Gasteiger partial charge in [0.2, 0.25) is 0 Å². The average Bonchev–Trinajstić information content (AvgIpc) is 2.34. The maximum Gasteiger partial charge on any atom is 0.315 e. The second kappa shape index (κ2) is 4.74. The predicted molar refractivity (Wildman–Crippen MR) is 51.1 cm³/mol. The Balaban J connectivity index is 0.00000144. The Kier molecular flexibility index (Phi) is 4.30. The van der Waals surface area contributed by atoms with Crippen LogP contribution in [0, 0.1) is 0 Å². The lowest BCUT2D eigenvalue weighted by atomic mass is 10.4. The number of nitrogens with zero attached hydrogens (tertiary/aromatic N) is 1. The monoisotopic (exact) mass is 223 g/mol. The van der Waals surface area contributed by atoms with Gasteiger partial charge in [-0.15, -0.1) is 12.4 Å². The molecule has 0 spiro atoms. The van der Waals surface area contributed by atoms with Crippen LogP contribution in [0.2, 0.25) is 5.22 Å². The first-order chi connectivity index (χ1) is 5.59. The Morgan fingerprint density at radius 1 is 1.46 bits per heavy atom. The van der Waals surface area contributed by atoms with Crippen LogP contribution in [0.3, 0.4) is 0 Å².